The second-order valence-electron chi connectivity index (χ2n) is 5.69. The van der Waals surface area contributed by atoms with Gasteiger partial charge in [0.2, 0.25) is 0 Å². The molecule has 2 N–H and O–H groups in total. The number of nitrogens with zero attached hydrogens (tertiary/aromatic N) is 1. The first-order valence-electron chi connectivity index (χ1n) is 6.86. The number of benzene rings is 1. The lowest BCUT2D eigenvalue weighted by molar-refractivity contribution is 0.458. The largest absolute Gasteiger partial charge is 0.371 e. The van der Waals surface area contributed by atoms with E-state index in [9.17, 15) is 0 Å². The lowest BCUT2D eigenvalue weighted by Crippen LogP contribution is -2.35. The first-order chi connectivity index (χ1) is 8.33. The molecule has 0 spiro atoms. The van der Waals surface area contributed by atoms with Crippen molar-refractivity contribution in [3.63, 3.8) is 0 Å². The van der Waals surface area contributed by atoms with E-state index in [-0.39, 0.29) is 0 Å². The summed E-state index contributed by atoms with van der Waals surface area (Å²) < 4.78 is 0. The van der Waals surface area contributed by atoms with Crippen molar-refractivity contribution >= 4 is 5.69 Å². The van der Waals surface area contributed by atoms with Crippen molar-refractivity contribution in [2.45, 2.75) is 32.1 Å². The number of anilines is 1. The van der Waals surface area contributed by atoms with E-state index in [2.05, 4.69) is 29.2 Å². The van der Waals surface area contributed by atoms with Gasteiger partial charge in [0.1, 0.15) is 0 Å². The van der Waals surface area contributed by atoms with Crippen LogP contribution in [0.1, 0.15) is 31.2 Å². The van der Waals surface area contributed by atoms with E-state index in [0.29, 0.717) is 5.41 Å². The molecule has 3 rings (SSSR count). The molecule has 1 saturated carbocycles. The van der Waals surface area contributed by atoms with E-state index >= 15 is 0 Å². The topological polar surface area (TPSA) is 29.3 Å². The molecule has 2 aliphatic rings. The van der Waals surface area contributed by atoms with Crippen LogP contribution >= 0.6 is 0 Å². The minimum Gasteiger partial charge on any atom is -0.371 e. The van der Waals surface area contributed by atoms with E-state index in [4.69, 9.17) is 5.73 Å². The van der Waals surface area contributed by atoms with Gasteiger partial charge in [-0.2, -0.15) is 0 Å². The molecule has 1 aromatic rings. The second-order valence-corrected chi connectivity index (χ2v) is 5.69. The lowest BCUT2D eigenvalue weighted by Gasteiger charge is -2.34. The second kappa shape index (κ2) is 4.34. The van der Waals surface area contributed by atoms with Gasteiger partial charge in [0, 0.05) is 18.8 Å². The van der Waals surface area contributed by atoms with Crippen LogP contribution in [-0.4, -0.2) is 19.6 Å². The van der Waals surface area contributed by atoms with Gasteiger partial charge in [-0.1, -0.05) is 18.2 Å². The zero-order chi connectivity index (χ0) is 11.7. The van der Waals surface area contributed by atoms with Crippen molar-refractivity contribution in [3.05, 3.63) is 29.8 Å². The van der Waals surface area contributed by atoms with Gasteiger partial charge in [-0.3, -0.25) is 0 Å². The third kappa shape index (κ3) is 2.19. The maximum absolute atomic E-state index is 5.74. The third-order valence-electron chi connectivity index (χ3n) is 4.36. The van der Waals surface area contributed by atoms with Crippen LogP contribution in [0.5, 0.6) is 0 Å². The van der Waals surface area contributed by atoms with Gasteiger partial charge in [0.25, 0.3) is 0 Å². The highest BCUT2D eigenvalue weighted by atomic mass is 15.1. The number of rotatable bonds is 4. The maximum Gasteiger partial charge on any atom is 0.0398 e. The van der Waals surface area contributed by atoms with Crippen molar-refractivity contribution in [1.82, 2.24) is 0 Å². The summed E-state index contributed by atoms with van der Waals surface area (Å²) in [6.45, 7) is 3.29. The summed E-state index contributed by atoms with van der Waals surface area (Å²) in [6.07, 6.45) is 6.50. The molecule has 0 saturated heterocycles. The molecule has 2 heteroatoms. The van der Waals surface area contributed by atoms with E-state index in [1.54, 1.807) is 0 Å². The Kier molecular flexibility index (Phi) is 2.83. The average Bonchev–Trinajstić information content (AvgIpc) is 3.10. The van der Waals surface area contributed by atoms with Crippen LogP contribution in [0.2, 0.25) is 0 Å². The number of fused-ring (bicyclic) bond motifs is 1. The summed E-state index contributed by atoms with van der Waals surface area (Å²) >= 11 is 0. The molecule has 0 bridgehead atoms. The van der Waals surface area contributed by atoms with Crippen molar-refractivity contribution in [1.29, 1.82) is 0 Å². The molecule has 1 heterocycles. The highest BCUT2D eigenvalue weighted by Crippen LogP contribution is 2.50. The summed E-state index contributed by atoms with van der Waals surface area (Å²) in [5.74, 6) is 0. The van der Waals surface area contributed by atoms with Crippen LogP contribution in [0.4, 0.5) is 5.69 Å². The van der Waals surface area contributed by atoms with Crippen molar-refractivity contribution in [2.24, 2.45) is 11.1 Å². The van der Waals surface area contributed by atoms with Gasteiger partial charge in [0.15, 0.2) is 0 Å². The van der Waals surface area contributed by atoms with E-state index in [1.807, 2.05) is 0 Å². The lowest BCUT2D eigenvalue weighted by atomic mass is 9.97. The fraction of sp³-hybridized carbons (Fsp3) is 0.600. The minimum absolute atomic E-state index is 0.555. The van der Waals surface area contributed by atoms with E-state index < -0.39 is 0 Å². The molecule has 92 valence electrons. The predicted molar refractivity (Wildman–Crippen MR) is 72.3 cm³/mol. The Balaban J connectivity index is 1.77. The summed E-state index contributed by atoms with van der Waals surface area (Å²) in [5, 5.41) is 0. The average molecular weight is 230 g/mol. The molecule has 1 fully saturated rings. The molecule has 17 heavy (non-hydrogen) atoms. The Hall–Kier alpha value is -1.02. The highest BCUT2D eigenvalue weighted by Gasteiger charge is 2.43. The summed E-state index contributed by atoms with van der Waals surface area (Å²) in [5.41, 5.74) is 9.29. The first-order valence-corrected chi connectivity index (χ1v) is 6.86. The Morgan fingerprint density at radius 3 is 2.82 bits per heavy atom. The van der Waals surface area contributed by atoms with Crippen molar-refractivity contribution in [3.8, 4) is 0 Å². The Bertz CT molecular complexity index is 396. The van der Waals surface area contributed by atoms with Gasteiger partial charge in [0.05, 0.1) is 0 Å². The fourth-order valence-electron chi connectivity index (χ4n) is 3.15. The number of hydrogen-bond acceptors (Lipinski definition) is 2. The molecular weight excluding hydrogens is 208 g/mol. The Morgan fingerprint density at radius 2 is 2.06 bits per heavy atom. The number of aryl methyl sites for hydroxylation is 1. The Labute approximate surface area is 104 Å². The third-order valence-corrected chi connectivity index (χ3v) is 4.36. The Morgan fingerprint density at radius 1 is 1.24 bits per heavy atom. The molecule has 0 amide bonds. The zero-order valence-electron chi connectivity index (χ0n) is 10.5. The molecule has 1 aromatic carbocycles. The molecule has 0 unspecified atom stereocenters. The van der Waals surface area contributed by atoms with Gasteiger partial charge in [-0.05, 0) is 55.7 Å². The summed E-state index contributed by atoms with van der Waals surface area (Å²) in [6, 6.07) is 8.89. The standard InChI is InChI=1S/C15H22N2/c16-10-9-15(7-8-15)12-17-11-3-5-13-4-1-2-6-14(13)17/h1-2,4,6H,3,5,7-12,16H2. The maximum atomic E-state index is 5.74. The van der Waals surface area contributed by atoms with Crippen LogP contribution in [0.15, 0.2) is 24.3 Å². The van der Waals surface area contributed by atoms with Crippen LogP contribution < -0.4 is 10.6 Å². The molecule has 0 aromatic heterocycles. The monoisotopic (exact) mass is 230 g/mol. The SMILES string of the molecule is NCCC1(CN2CCCc3ccccc32)CC1. The van der Waals surface area contributed by atoms with Gasteiger partial charge < -0.3 is 10.6 Å². The molecule has 2 nitrogen and oxygen atoms in total. The molecular formula is C15H22N2. The van der Waals surface area contributed by atoms with Crippen molar-refractivity contribution < 1.29 is 0 Å². The summed E-state index contributed by atoms with van der Waals surface area (Å²) in [7, 11) is 0. The number of para-hydroxylation sites is 1. The smallest absolute Gasteiger partial charge is 0.0398 e. The number of nitrogens with two attached hydrogens (primary N) is 1. The highest BCUT2D eigenvalue weighted by molar-refractivity contribution is 5.55. The number of hydrogen-bond donors (Lipinski definition) is 1. The van der Waals surface area contributed by atoms with Crippen molar-refractivity contribution in [2.75, 3.05) is 24.5 Å². The normalized spacial score (nSPS) is 21.1. The molecule has 1 aliphatic heterocycles. The van der Waals surface area contributed by atoms with Gasteiger partial charge >= 0.3 is 0 Å². The first kappa shape index (κ1) is 11.1. The predicted octanol–water partition coefficient (Wildman–Crippen LogP) is 2.57. The van der Waals surface area contributed by atoms with Gasteiger partial charge in [-0.25, -0.2) is 0 Å². The molecule has 0 radical (unpaired) electrons. The van der Waals surface area contributed by atoms with E-state index in [1.165, 1.54) is 56.4 Å². The van der Waals surface area contributed by atoms with Gasteiger partial charge in [-0.15, -0.1) is 0 Å². The quantitative estimate of drug-likeness (QED) is 0.861. The molecule has 1 aliphatic carbocycles. The van der Waals surface area contributed by atoms with Crippen LogP contribution in [0, 0.1) is 5.41 Å². The van der Waals surface area contributed by atoms with E-state index in [0.717, 1.165) is 6.54 Å². The fourth-order valence-corrected chi connectivity index (χ4v) is 3.15. The van der Waals surface area contributed by atoms with Crippen LogP contribution in [0.25, 0.3) is 0 Å². The van der Waals surface area contributed by atoms with Crippen LogP contribution in [-0.2, 0) is 6.42 Å². The van der Waals surface area contributed by atoms with Crippen LogP contribution in [0.3, 0.4) is 0 Å². The minimum atomic E-state index is 0.555. The zero-order valence-corrected chi connectivity index (χ0v) is 10.5. The summed E-state index contributed by atoms with van der Waals surface area (Å²) in [4.78, 5) is 2.60. The molecule has 0 atom stereocenters.